The van der Waals surface area contributed by atoms with Crippen LogP contribution in [0.3, 0.4) is 0 Å². The Bertz CT molecular complexity index is 509. The van der Waals surface area contributed by atoms with Gasteiger partial charge < -0.3 is 4.79 Å². The maximum Gasteiger partial charge on any atom is 0.181 e. The van der Waals surface area contributed by atoms with E-state index in [1.165, 1.54) is 0 Å². The van der Waals surface area contributed by atoms with Crippen molar-refractivity contribution in [3.8, 4) is 0 Å². The van der Waals surface area contributed by atoms with Gasteiger partial charge in [-0.25, -0.2) is 17.2 Å². The highest BCUT2D eigenvalue weighted by atomic mass is 32.2. The third kappa shape index (κ3) is 2.63. The summed E-state index contributed by atoms with van der Waals surface area (Å²) in [6.07, 6.45) is 1.44. The van der Waals surface area contributed by atoms with Gasteiger partial charge in [-0.3, -0.25) is 0 Å². The second kappa shape index (κ2) is 4.69. The summed E-state index contributed by atoms with van der Waals surface area (Å²) < 4.78 is 49.1. The monoisotopic (exact) mass is 248 g/mol. The van der Waals surface area contributed by atoms with E-state index in [0.717, 1.165) is 18.4 Å². The average molecular weight is 248 g/mol. The Morgan fingerprint density at radius 1 is 1.31 bits per heavy atom. The molecule has 88 valence electrons. The molecule has 0 N–H and O–H groups in total. The van der Waals surface area contributed by atoms with E-state index in [0.29, 0.717) is 6.29 Å². The van der Waals surface area contributed by atoms with E-state index in [1.807, 2.05) is 0 Å². The summed E-state index contributed by atoms with van der Waals surface area (Å²) in [6, 6.07) is 2.03. The first-order valence-electron chi connectivity index (χ1n) is 4.48. The maximum absolute atomic E-state index is 13.6. The fourth-order valence-corrected chi connectivity index (χ4v) is 2.20. The number of benzene rings is 1. The van der Waals surface area contributed by atoms with Gasteiger partial charge in [0.1, 0.15) is 22.8 Å². The van der Waals surface area contributed by atoms with E-state index in [4.69, 9.17) is 0 Å². The van der Waals surface area contributed by atoms with Gasteiger partial charge in [0, 0.05) is 12.7 Å². The van der Waals surface area contributed by atoms with Crippen LogP contribution in [-0.2, 0) is 21.1 Å². The van der Waals surface area contributed by atoms with Crippen molar-refractivity contribution in [3.05, 3.63) is 29.3 Å². The molecule has 0 aliphatic carbocycles. The number of rotatable bonds is 4. The average Bonchev–Trinajstić information content (AvgIpc) is 2.14. The van der Waals surface area contributed by atoms with Gasteiger partial charge in [0.15, 0.2) is 9.84 Å². The van der Waals surface area contributed by atoms with Crippen LogP contribution in [0.2, 0.25) is 0 Å². The van der Waals surface area contributed by atoms with E-state index in [2.05, 4.69) is 0 Å². The van der Waals surface area contributed by atoms with Gasteiger partial charge in [0.2, 0.25) is 0 Å². The molecular weight excluding hydrogens is 238 g/mol. The lowest BCUT2D eigenvalue weighted by molar-refractivity contribution is -0.107. The lowest BCUT2D eigenvalue weighted by atomic mass is 10.1. The van der Waals surface area contributed by atoms with Crippen molar-refractivity contribution in [1.29, 1.82) is 0 Å². The zero-order chi connectivity index (χ0) is 12.3. The van der Waals surface area contributed by atoms with Crippen molar-refractivity contribution in [3.63, 3.8) is 0 Å². The zero-order valence-electron chi connectivity index (χ0n) is 8.54. The van der Waals surface area contributed by atoms with Crippen LogP contribution in [-0.4, -0.2) is 21.0 Å². The molecular formula is C10H10F2O3S. The second-order valence-electron chi connectivity index (χ2n) is 3.33. The highest BCUT2D eigenvalue weighted by molar-refractivity contribution is 7.90. The fourth-order valence-electron chi connectivity index (χ4n) is 1.32. The second-order valence-corrected chi connectivity index (χ2v) is 5.28. The number of carbonyl (C=O) groups excluding carboxylic acids is 1. The van der Waals surface area contributed by atoms with Crippen molar-refractivity contribution in [2.45, 2.75) is 17.7 Å². The Labute approximate surface area is 92.0 Å². The summed E-state index contributed by atoms with van der Waals surface area (Å²) in [5, 5.41) is 0. The van der Waals surface area contributed by atoms with Crippen LogP contribution in [0.25, 0.3) is 0 Å². The first-order chi connectivity index (χ1) is 7.38. The Morgan fingerprint density at radius 3 is 2.44 bits per heavy atom. The van der Waals surface area contributed by atoms with Crippen LogP contribution in [0.5, 0.6) is 0 Å². The Kier molecular flexibility index (Phi) is 3.74. The summed E-state index contributed by atoms with van der Waals surface area (Å²) in [6.45, 7) is 0. The molecule has 1 aromatic carbocycles. The SMILES string of the molecule is CS(=O)(=O)c1c(F)ccc(CCC=O)c1F. The summed E-state index contributed by atoms with van der Waals surface area (Å²) in [5.41, 5.74) is 0.0222. The molecule has 1 rings (SSSR count). The molecule has 0 heterocycles. The quantitative estimate of drug-likeness (QED) is 0.759. The molecule has 1 aromatic rings. The molecule has 0 aliphatic heterocycles. The van der Waals surface area contributed by atoms with Gasteiger partial charge in [-0.05, 0) is 18.1 Å². The maximum atomic E-state index is 13.6. The molecule has 0 aliphatic rings. The van der Waals surface area contributed by atoms with E-state index in [-0.39, 0.29) is 18.4 Å². The molecule has 0 radical (unpaired) electrons. The molecule has 16 heavy (non-hydrogen) atoms. The topological polar surface area (TPSA) is 51.2 Å². The molecule has 0 unspecified atom stereocenters. The minimum atomic E-state index is -3.95. The Morgan fingerprint density at radius 2 is 1.94 bits per heavy atom. The highest BCUT2D eigenvalue weighted by Crippen LogP contribution is 2.22. The standard InChI is InChI=1S/C10H10F2O3S/c1-16(14,15)10-8(11)5-4-7(9(10)12)3-2-6-13/h4-6H,2-3H2,1H3. The largest absolute Gasteiger partial charge is 0.303 e. The molecule has 0 spiro atoms. The first kappa shape index (κ1) is 12.8. The van der Waals surface area contributed by atoms with E-state index < -0.39 is 26.4 Å². The van der Waals surface area contributed by atoms with Crippen LogP contribution in [0.4, 0.5) is 8.78 Å². The van der Waals surface area contributed by atoms with E-state index in [1.54, 1.807) is 0 Å². The minimum absolute atomic E-state index is 0.0222. The summed E-state index contributed by atoms with van der Waals surface area (Å²) in [5.74, 6) is -2.22. The molecule has 0 atom stereocenters. The Balaban J connectivity index is 3.33. The highest BCUT2D eigenvalue weighted by Gasteiger charge is 2.21. The van der Waals surface area contributed by atoms with Gasteiger partial charge >= 0.3 is 0 Å². The number of sulfone groups is 1. The van der Waals surface area contributed by atoms with Crippen molar-refractivity contribution < 1.29 is 22.0 Å². The Hall–Kier alpha value is -1.30. The van der Waals surface area contributed by atoms with Gasteiger partial charge in [-0.1, -0.05) is 6.07 Å². The number of halogens is 2. The van der Waals surface area contributed by atoms with Crippen LogP contribution < -0.4 is 0 Å². The van der Waals surface area contributed by atoms with Crippen LogP contribution >= 0.6 is 0 Å². The molecule has 0 aromatic heterocycles. The summed E-state index contributed by atoms with van der Waals surface area (Å²) in [7, 11) is -3.95. The van der Waals surface area contributed by atoms with Gasteiger partial charge in [0.05, 0.1) is 0 Å². The number of hydrogen-bond acceptors (Lipinski definition) is 3. The number of aryl methyl sites for hydroxylation is 1. The number of carbonyl (C=O) groups is 1. The van der Waals surface area contributed by atoms with Crippen molar-refractivity contribution in [2.24, 2.45) is 0 Å². The van der Waals surface area contributed by atoms with Gasteiger partial charge in [-0.2, -0.15) is 0 Å². The molecule has 3 nitrogen and oxygen atoms in total. The van der Waals surface area contributed by atoms with E-state index >= 15 is 0 Å². The smallest absolute Gasteiger partial charge is 0.181 e. The minimum Gasteiger partial charge on any atom is -0.303 e. The first-order valence-corrected chi connectivity index (χ1v) is 6.37. The molecule has 0 amide bonds. The summed E-state index contributed by atoms with van der Waals surface area (Å²) in [4.78, 5) is 9.19. The lowest BCUT2D eigenvalue weighted by Gasteiger charge is -2.06. The lowest BCUT2D eigenvalue weighted by Crippen LogP contribution is -2.07. The predicted molar refractivity (Wildman–Crippen MR) is 53.9 cm³/mol. The molecule has 0 fully saturated rings. The third-order valence-corrected chi connectivity index (χ3v) is 3.15. The van der Waals surface area contributed by atoms with Crippen LogP contribution in [0, 0.1) is 11.6 Å². The van der Waals surface area contributed by atoms with Crippen molar-refractivity contribution in [1.82, 2.24) is 0 Å². The molecule has 0 saturated heterocycles. The molecule has 0 bridgehead atoms. The van der Waals surface area contributed by atoms with Crippen LogP contribution in [0.15, 0.2) is 17.0 Å². The van der Waals surface area contributed by atoms with Gasteiger partial charge in [0.25, 0.3) is 0 Å². The van der Waals surface area contributed by atoms with Crippen molar-refractivity contribution in [2.75, 3.05) is 6.26 Å². The number of aldehydes is 1. The van der Waals surface area contributed by atoms with E-state index in [9.17, 15) is 22.0 Å². The fraction of sp³-hybridized carbons (Fsp3) is 0.300. The predicted octanol–water partition coefficient (Wildman–Crippen LogP) is 1.50. The van der Waals surface area contributed by atoms with Gasteiger partial charge in [-0.15, -0.1) is 0 Å². The van der Waals surface area contributed by atoms with Crippen LogP contribution in [0.1, 0.15) is 12.0 Å². The normalized spacial score (nSPS) is 11.4. The number of hydrogen-bond donors (Lipinski definition) is 0. The third-order valence-electron chi connectivity index (χ3n) is 2.03. The molecule has 0 saturated carbocycles. The zero-order valence-corrected chi connectivity index (χ0v) is 9.35. The summed E-state index contributed by atoms with van der Waals surface area (Å²) >= 11 is 0. The molecule has 6 heteroatoms. The van der Waals surface area contributed by atoms with Crippen molar-refractivity contribution >= 4 is 16.1 Å².